The summed E-state index contributed by atoms with van der Waals surface area (Å²) in [5, 5.41) is 13.5. The smallest absolute Gasteiger partial charge is 0.387 e. The van der Waals surface area contributed by atoms with E-state index in [1.807, 2.05) is 0 Å². The van der Waals surface area contributed by atoms with Gasteiger partial charge in [-0.15, -0.1) is 0 Å². The predicted octanol–water partition coefficient (Wildman–Crippen LogP) is 2.52. The first-order valence-corrected chi connectivity index (χ1v) is 6.25. The Balaban J connectivity index is 2.60. The lowest BCUT2D eigenvalue weighted by Crippen LogP contribution is -2.35. The van der Waals surface area contributed by atoms with Crippen molar-refractivity contribution in [2.75, 3.05) is 11.9 Å². The minimum Gasteiger partial charge on any atom is -0.481 e. The Bertz CT molecular complexity index is 497. The van der Waals surface area contributed by atoms with Crippen LogP contribution in [0.5, 0.6) is 5.75 Å². The Kier molecular flexibility index (Phi) is 6.38. The van der Waals surface area contributed by atoms with Gasteiger partial charge in [-0.2, -0.15) is 8.78 Å². The molecule has 116 valence electrons. The Labute approximate surface area is 120 Å². The molecule has 0 aliphatic heterocycles. The fourth-order valence-electron chi connectivity index (χ4n) is 1.56. The molecule has 0 aliphatic rings. The first-order chi connectivity index (χ1) is 9.93. The van der Waals surface area contributed by atoms with Gasteiger partial charge >= 0.3 is 18.6 Å². The van der Waals surface area contributed by atoms with Gasteiger partial charge in [0.1, 0.15) is 5.75 Å². The highest BCUT2D eigenvalue weighted by molar-refractivity contribution is 5.91. The summed E-state index contributed by atoms with van der Waals surface area (Å²) in [6, 6.07) is 5.01. The number of benzene rings is 1. The molecule has 2 amide bonds. The Hall–Kier alpha value is -2.38. The number of rotatable bonds is 7. The average Bonchev–Trinajstić information content (AvgIpc) is 2.40. The number of anilines is 1. The van der Waals surface area contributed by atoms with E-state index in [0.717, 1.165) is 0 Å². The second kappa shape index (κ2) is 8.03. The van der Waals surface area contributed by atoms with Crippen molar-refractivity contribution >= 4 is 17.7 Å². The summed E-state index contributed by atoms with van der Waals surface area (Å²) in [7, 11) is 0. The highest BCUT2D eigenvalue weighted by Gasteiger charge is 2.16. The summed E-state index contributed by atoms with van der Waals surface area (Å²) < 4.78 is 28.7. The third-order valence-corrected chi connectivity index (χ3v) is 2.70. The molecule has 1 atom stereocenters. The van der Waals surface area contributed by atoms with E-state index < -0.39 is 24.5 Å². The summed E-state index contributed by atoms with van der Waals surface area (Å²) >= 11 is 0. The van der Waals surface area contributed by atoms with Crippen LogP contribution in [0.3, 0.4) is 0 Å². The molecule has 6 nitrogen and oxygen atoms in total. The van der Waals surface area contributed by atoms with Gasteiger partial charge < -0.3 is 20.5 Å². The van der Waals surface area contributed by atoms with Gasteiger partial charge in [0.25, 0.3) is 0 Å². The van der Waals surface area contributed by atoms with Gasteiger partial charge in [-0.05, 0) is 18.6 Å². The molecule has 8 heteroatoms. The van der Waals surface area contributed by atoms with E-state index in [2.05, 4.69) is 15.4 Å². The van der Waals surface area contributed by atoms with Crippen molar-refractivity contribution < 1.29 is 28.2 Å². The average molecular weight is 302 g/mol. The van der Waals surface area contributed by atoms with E-state index in [9.17, 15) is 18.4 Å². The summed E-state index contributed by atoms with van der Waals surface area (Å²) in [6.45, 7) is -1.38. The van der Waals surface area contributed by atoms with E-state index in [0.29, 0.717) is 6.42 Å². The van der Waals surface area contributed by atoms with Crippen LogP contribution in [0.2, 0.25) is 0 Å². The normalized spacial score (nSPS) is 11.8. The van der Waals surface area contributed by atoms with Crippen molar-refractivity contribution in [2.24, 2.45) is 5.92 Å². The maximum absolute atomic E-state index is 12.2. The fraction of sp³-hybridized carbons (Fsp3) is 0.385. The number of hydrogen-bond acceptors (Lipinski definition) is 3. The van der Waals surface area contributed by atoms with Gasteiger partial charge in [0.2, 0.25) is 0 Å². The number of carboxylic acids is 1. The number of hydrogen-bond donors (Lipinski definition) is 3. The fourth-order valence-corrected chi connectivity index (χ4v) is 1.56. The van der Waals surface area contributed by atoms with E-state index in [-0.39, 0.29) is 18.0 Å². The molecular weight excluding hydrogens is 286 g/mol. The lowest BCUT2D eigenvalue weighted by molar-refractivity contribution is -0.141. The largest absolute Gasteiger partial charge is 0.481 e. The van der Waals surface area contributed by atoms with Crippen molar-refractivity contribution in [2.45, 2.75) is 20.0 Å². The second-order valence-electron chi connectivity index (χ2n) is 4.15. The number of amides is 2. The molecule has 1 unspecified atom stereocenters. The highest BCUT2D eigenvalue weighted by Crippen LogP contribution is 2.25. The standard InChI is InChI=1S/C13H16F2N2O4/c1-2-8(11(18)19)7-16-13(20)17-9-5-3-4-6-10(9)21-12(14)15/h3-6,8,12H,2,7H2,1H3,(H,18,19)(H2,16,17,20). The maximum atomic E-state index is 12.2. The van der Waals surface area contributed by atoms with E-state index >= 15 is 0 Å². The van der Waals surface area contributed by atoms with Crippen molar-refractivity contribution in [3.05, 3.63) is 24.3 Å². The molecule has 0 bridgehead atoms. The van der Waals surface area contributed by atoms with Crippen LogP contribution in [0.4, 0.5) is 19.3 Å². The molecule has 1 aromatic rings. The van der Waals surface area contributed by atoms with E-state index in [1.165, 1.54) is 18.2 Å². The maximum Gasteiger partial charge on any atom is 0.387 e. The number of carbonyl (C=O) groups is 2. The predicted molar refractivity (Wildman–Crippen MR) is 71.5 cm³/mol. The van der Waals surface area contributed by atoms with Crippen molar-refractivity contribution in [3.63, 3.8) is 0 Å². The number of carboxylic acid groups (broad SMARTS) is 1. The Morgan fingerprint density at radius 3 is 2.57 bits per heavy atom. The van der Waals surface area contributed by atoms with Crippen molar-refractivity contribution in [3.8, 4) is 5.75 Å². The summed E-state index contributed by atoms with van der Waals surface area (Å²) in [5.74, 6) is -1.89. The first-order valence-electron chi connectivity index (χ1n) is 6.25. The van der Waals surface area contributed by atoms with Crippen molar-refractivity contribution in [1.29, 1.82) is 0 Å². The quantitative estimate of drug-likeness (QED) is 0.722. The number of alkyl halides is 2. The molecule has 0 aliphatic carbocycles. The third kappa shape index (κ3) is 5.64. The number of carbonyl (C=O) groups excluding carboxylic acids is 1. The second-order valence-corrected chi connectivity index (χ2v) is 4.15. The molecule has 1 aromatic carbocycles. The topological polar surface area (TPSA) is 87.7 Å². The van der Waals surface area contributed by atoms with Crippen LogP contribution >= 0.6 is 0 Å². The van der Waals surface area contributed by atoms with Crippen LogP contribution in [0.15, 0.2) is 24.3 Å². The van der Waals surface area contributed by atoms with Crippen LogP contribution in [0.1, 0.15) is 13.3 Å². The SMILES string of the molecule is CCC(CNC(=O)Nc1ccccc1OC(F)F)C(=O)O. The van der Waals surface area contributed by atoms with Crippen LogP contribution in [-0.2, 0) is 4.79 Å². The van der Waals surface area contributed by atoms with Crippen molar-refractivity contribution in [1.82, 2.24) is 5.32 Å². The zero-order valence-corrected chi connectivity index (χ0v) is 11.3. The highest BCUT2D eigenvalue weighted by atomic mass is 19.3. The molecule has 1 rings (SSSR count). The summed E-state index contributed by atoms with van der Waals surface area (Å²) in [4.78, 5) is 22.4. The minimum absolute atomic E-state index is 0.0600. The lowest BCUT2D eigenvalue weighted by atomic mass is 10.1. The van der Waals surface area contributed by atoms with Gasteiger partial charge in [0, 0.05) is 6.54 Å². The van der Waals surface area contributed by atoms with Gasteiger partial charge in [0.15, 0.2) is 0 Å². The number of ether oxygens (including phenoxy) is 1. The number of nitrogens with one attached hydrogen (secondary N) is 2. The molecule has 21 heavy (non-hydrogen) atoms. The molecule has 3 N–H and O–H groups in total. The van der Waals surface area contributed by atoms with E-state index in [1.54, 1.807) is 13.0 Å². The summed E-state index contributed by atoms with van der Waals surface area (Å²) in [6.07, 6.45) is 0.362. The molecule has 0 aromatic heterocycles. The van der Waals surface area contributed by atoms with Gasteiger partial charge in [-0.1, -0.05) is 19.1 Å². The van der Waals surface area contributed by atoms with Crippen LogP contribution in [0, 0.1) is 5.92 Å². The Morgan fingerprint density at radius 1 is 1.33 bits per heavy atom. The van der Waals surface area contributed by atoms with Gasteiger partial charge in [-0.3, -0.25) is 4.79 Å². The van der Waals surface area contributed by atoms with E-state index in [4.69, 9.17) is 5.11 Å². The van der Waals surface area contributed by atoms with Crippen LogP contribution in [0.25, 0.3) is 0 Å². The molecule has 0 fully saturated rings. The van der Waals surface area contributed by atoms with Gasteiger partial charge in [-0.25, -0.2) is 4.79 Å². The number of para-hydroxylation sites is 2. The summed E-state index contributed by atoms with van der Waals surface area (Å²) in [5.41, 5.74) is 0.0682. The third-order valence-electron chi connectivity index (χ3n) is 2.70. The molecule has 0 radical (unpaired) electrons. The zero-order valence-electron chi connectivity index (χ0n) is 11.3. The first kappa shape index (κ1) is 16.7. The monoisotopic (exact) mass is 302 g/mol. The number of halogens is 2. The zero-order chi connectivity index (χ0) is 15.8. The number of aliphatic carboxylic acids is 1. The molecule has 0 saturated heterocycles. The minimum atomic E-state index is -3.01. The van der Waals surface area contributed by atoms with Crippen LogP contribution < -0.4 is 15.4 Å². The Morgan fingerprint density at radius 2 is 2.00 bits per heavy atom. The van der Waals surface area contributed by atoms with Crippen LogP contribution in [-0.4, -0.2) is 30.3 Å². The lowest BCUT2D eigenvalue weighted by Gasteiger charge is -2.14. The number of urea groups is 1. The van der Waals surface area contributed by atoms with Gasteiger partial charge in [0.05, 0.1) is 11.6 Å². The molecule has 0 saturated carbocycles. The molecule has 0 spiro atoms. The molecule has 0 heterocycles. The molecular formula is C13H16F2N2O4.